The Labute approximate surface area is 97.3 Å². The van der Waals surface area contributed by atoms with E-state index >= 15 is 0 Å². The number of hydrogen-bond acceptors (Lipinski definition) is 1. The van der Waals surface area contributed by atoms with Gasteiger partial charge in [0.1, 0.15) is 0 Å². The summed E-state index contributed by atoms with van der Waals surface area (Å²) in [5.41, 5.74) is 1.43. The lowest BCUT2D eigenvalue weighted by molar-refractivity contribution is 0.424. The molecule has 0 saturated heterocycles. The number of hydrogen-bond donors (Lipinski definition) is 1. The third-order valence-corrected chi connectivity index (χ3v) is 1.99. The summed E-state index contributed by atoms with van der Waals surface area (Å²) < 4.78 is 0. The van der Waals surface area contributed by atoms with Crippen LogP contribution in [0.25, 0.3) is 0 Å². The Morgan fingerprint density at radius 1 is 1.14 bits per heavy atom. The summed E-state index contributed by atoms with van der Waals surface area (Å²) in [6.45, 7) is 7.36. The minimum atomic E-state index is 0. The highest BCUT2D eigenvalue weighted by molar-refractivity contribution is 6.30. The van der Waals surface area contributed by atoms with Crippen molar-refractivity contribution in [2.24, 2.45) is 0 Å². The molecule has 0 aliphatic carbocycles. The summed E-state index contributed by atoms with van der Waals surface area (Å²) in [5, 5.41) is 4.21. The van der Waals surface area contributed by atoms with Crippen LogP contribution >= 0.6 is 24.0 Å². The Kier molecular flexibility index (Phi) is 5.50. The number of nitrogens with one attached hydrogen (secondary N) is 1. The van der Waals surface area contributed by atoms with Gasteiger partial charge in [0.05, 0.1) is 0 Å². The standard InChI is InChI=1S/C11H16ClN.ClH/c1-11(2,3)13-8-9-4-6-10(12)7-5-9;/h4-7,13H,8H2,1-3H3;1H. The van der Waals surface area contributed by atoms with Crippen molar-refractivity contribution >= 4 is 24.0 Å². The van der Waals surface area contributed by atoms with Crippen LogP contribution < -0.4 is 5.32 Å². The van der Waals surface area contributed by atoms with Crippen molar-refractivity contribution in [3.63, 3.8) is 0 Å². The lowest BCUT2D eigenvalue weighted by atomic mass is 10.1. The predicted molar refractivity (Wildman–Crippen MR) is 65.3 cm³/mol. The van der Waals surface area contributed by atoms with Crippen LogP contribution in [0.1, 0.15) is 26.3 Å². The summed E-state index contributed by atoms with van der Waals surface area (Å²) in [4.78, 5) is 0. The molecule has 0 aliphatic rings. The first-order chi connectivity index (χ1) is 5.97. The topological polar surface area (TPSA) is 12.0 Å². The molecule has 0 aromatic heterocycles. The zero-order valence-electron chi connectivity index (χ0n) is 8.80. The number of rotatable bonds is 2. The molecule has 14 heavy (non-hydrogen) atoms. The fraction of sp³-hybridized carbons (Fsp3) is 0.455. The molecule has 0 bridgehead atoms. The van der Waals surface area contributed by atoms with Gasteiger partial charge in [-0.25, -0.2) is 0 Å². The van der Waals surface area contributed by atoms with E-state index in [1.165, 1.54) is 5.56 Å². The number of halogens is 2. The fourth-order valence-electron chi connectivity index (χ4n) is 0.969. The first-order valence-corrected chi connectivity index (χ1v) is 4.85. The van der Waals surface area contributed by atoms with Crippen LogP contribution in [0.15, 0.2) is 24.3 Å². The van der Waals surface area contributed by atoms with Gasteiger partial charge in [0, 0.05) is 17.1 Å². The molecule has 1 N–H and O–H groups in total. The summed E-state index contributed by atoms with van der Waals surface area (Å²) in [7, 11) is 0. The van der Waals surface area contributed by atoms with E-state index in [1.54, 1.807) is 0 Å². The Hall–Kier alpha value is -0.240. The van der Waals surface area contributed by atoms with Crippen molar-refractivity contribution in [3.05, 3.63) is 34.9 Å². The van der Waals surface area contributed by atoms with Crippen molar-refractivity contribution in [1.29, 1.82) is 0 Å². The van der Waals surface area contributed by atoms with Gasteiger partial charge in [-0.3, -0.25) is 0 Å². The first-order valence-electron chi connectivity index (χ1n) is 4.47. The van der Waals surface area contributed by atoms with Gasteiger partial charge in [-0.05, 0) is 38.5 Å². The Morgan fingerprint density at radius 2 is 1.64 bits per heavy atom. The van der Waals surface area contributed by atoms with E-state index in [9.17, 15) is 0 Å². The van der Waals surface area contributed by atoms with Gasteiger partial charge >= 0.3 is 0 Å². The second-order valence-corrected chi connectivity index (χ2v) is 4.67. The molecule has 80 valence electrons. The van der Waals surface area contributed by atoms with Crippen LogP contribution in [0.4, 0.5) is 0 Å². The summed E-state index contributed by atoms with van der Waals surface area (Å²) >= 11 is 5.78. The van der Waals surface area contributed by atoms with Crippen molar-refractivity contribution in [2.75, 3.05) is 0 Å². The molecular weight excluding hydrogens is 217 g/mol. The molecule has 1 aromatic carbocycles. The van der Waals surface area contributed by atoms with Gasteiger partial charge in [0.25, 0.3) is 0 Å². The highest BCUT2D eigenvalue weighted by atomic mass is 35.5. The molecule has 0 spiro atoms. The van der Waals surface area contributed by atoms with Gasteiger partial charge in [0.2, 0.25) is 0 Å². The maximum atomic E-state index is 5.78. The summed E-state index contributed by atoms with van der Waals surface area (Å²) in [6.07, 6.45) is 0. The van der Waals surface area contributed by atoms with Crippen LogP contribution in [0.5, 0.6) is 0 Å². The lowest BCUT2D eigenvalue weighted by Gasteiger charge is -2.20. The third-order valence-electron chi connectivity index (χ3n) is 1.74. The zero-order chi connectivity index (χ0) is 9.90. The molecule has 0 fully saturated rings. The second kappa shape index (κ2) is 5.59. The summed E-state index contributed by atoms with van der Waals surface area (Å²) in [5.74, 6) is 0. The largest absolute Gasteiger partial charge is 0.308 e. The van der Waals surface area contributed by atoms with Crippen molar-refractivity contribution in [1.82, 2.24) is 5.32 Å². The smallest absolute Gasteiger partial charge is 0.0406 e. The quantitative estimate of drug-likeness (QED) is 0.823. The van der Waals surface area contributed by atoms with Gasteiger partial charge in [-0.15, -0.1) is 12.4 Å². The maximum absolute atomic E-state index is 5.78. The molecule has 3 heteroatoms. The SMILES string of the molecule is CC(C)(C)NCc1ccc(Cl)cc1.Cl. The molecule has 0 saturated carbocycles. The van der Waals surface area contributed by atoms with Crippen LogP contribution in [0.2, 0.25) is 5.02 Å². The van der Waals surface area contributed by atoms with Gasteiger partial charge in [-0.2, -0.15) is 0 Å². The highest BCUT2D eigenvalue weighted by Gasteiger charge is 2.07. The second-order valence-electron chi connectivity index (χ2n) is 4.23. The van der Waals surface area contributed by atoms with Gasteiger partial charge < -0.3 is 5.32 Å². The van der Waals surface area contributed by atoms with Crippen LogP contribution in [0, 0.1) is 0 Å². The monoisotopic (exact) mass is 233 g/mol. The molecule has 0 amide bonds. The predicted octanol–water partition coefficient (Wildman–Crippen LogP) is 3.65. The minimum Gasteiger partial charge on any atom is -0.308 e. The average Bonchev–Trinajstić information content (AvgIpc) is 2.02. The van der Waals surface area contributed by atoms with Crippen LogP contribution in [-0.2, 0) is 6.54 Å². The first kappa shape index (κ1) is 13.8. The average molecular weight is 234 g/mol. The zero-order valence-corrected chi connectivity index (χ0v) is 10.4. The fourth-order valence-corrected chi connectivity index (χ4v) is 1.10. The minimum absolute atomic E-state index is 0. The third kappa shape index (κ3) is 5.48. The molecule has 0 aliphatic heterocycles. The molecule has 1 rings (SSSR count). The maximum Gasteiger partial charge on any atom is 0.0406 e. The Balaban J connectivity index is 0.00000169. The van der Waals surface area contributed by atoms with Crippen molar-refractivity contribution in [3.8, 4) is 0 Å². The molecule has 0 atom stereocenters. The highest BCUT2D eigenvalue weighted by Crippen LogP contribution is 2.10. The van der Waals surface area contributed by atoms with Crippen LogP contribution in [0.3, 0.4) is 0 Å². The van der Waals surface area contributed by atoms with E-state index in [1.807, 2.05) is 24.3 Å². The van der Waals surface area contributed by atoms with E-state index < -0.39 is 0 Å². The normalized spacial score (nSPS) is 10.9. The van der Waals surface area contributed by atoms with E-state index in [0.29, 0.717) is 0 Å². The molecule has 0 radical (unpaired) electrons. The lowest BCUT2D eigenvalue weighted by Crippen LogP contribution is -2.34. The Morgan fingerprint density at radius 3 is 2.07 bits per heavy atom. The molecular formula is C11H17Cl2N. The molecule has 0 heterocycles. The molecule has 1 aromatic rings. The number of benzene rings is 1. The summed E-state index contributed by atoms with van der Waals surface area (Å²) in [6, 6.07) is 7.92. The van der Waals surface area contributed by atoms with E-state index in [2.05, 4.69) is 26.1 Å². The molecule has 0 unspecified atom stereocenters. The van der Waals surface area contributed by atoms with Gasteiger partial charge in [0.15, 0.2) is 0 Å². The van der Waals surface area contributed by atoms with Crippen LogP contribution in [-0.4, -0.2) is 5.54 Å². The Bertz CT molecular complexity index is 262. The van der Waals surface area contributed by atoms with E-state index in [4.69, 9.17) is 11.6 Å². The molecule has 1 nitrogen and oxygen atoms in total. The van der Waals surface area contributed by atoms with E-state index in [-0.39, 0.29) is 17.9 Å². The van der Waals surface area contributed by atoms with Crippen molar-refractivity contribution in [2.45, 2.75) is 32.9 Å². The van der Waals surface area contributed by atoms with E-state index in [0.717, 1.165) is 11.6 Å². The van der Waals surface area contributed by atoms with Crippen molar-refractivity contribution < 1.29 is 0 Å². The van der Waals surface area contributed by atoms with Gasteiger partial charge in [-0.1, -0.05) is 23.7 Å².